The van der Waals surface area contributed by atoms with Gasteiger partial charge in [0.2, 0.25) is 0 Å². The van der Waals surface area contributed by atoms with Gasteiger partial charge in [0.15, 0.2) is 0 Å². The molecule has 1 aliphatic carbocycles. The monoisotopic (exact) mass is 198 g/mol. The Morgan fingerprint density at radius 2 is 1.73 bits per heavy atom. The molecule has 0 bridgehead atoms. The molecule has 0 unspecified atom stereocenters. The summed E-state index contributed by atoms with van der Waals surface area (Å²) in [6.07, 6.45) is 5.86. The van der Waals surface area contributed by atoms with Crippen LogP contribution < -0.4 is 0 Å². The lowest BCUT2D eigenvalue weighted by Crippen LogP contribution is -1.88. The summed E-state index contributed by atoms with van der Waals surface area (Å²) in [6.45, 7) is 4.50. The van der Waals surface area contributed by atoms with Crippen LogP contribution in [0.5, 0.6) is 0 Å². The van der Waals surface area contributed by atoms with Gasteiger partial charge in [0.1, 0.15) is 0 Å². The molecule has 15 heavy (non-hydrogen) atoms. The molecule has 0 saturated heterocycles. The summed E-state index contributed by atoms with van der Waals surface area (Å²) >= 11 is 0. The number of rotatable bonds is 3. The molecule has 0 nitrogen and oxygen atoms in total. The van der Waals surface area contributed by atoms with Gasteiger partial charge in [-0.15, -0.1) is 0 Å². The second-order valence-corrected chi connectivity index (χ2v) is 3.99. The second kappa shape index (κ2) is 4.48. The quantitative estimate of drug-likeness (QED) is 0.666. The summed E-state index contributed by atoms with van der Waals surface area (Å²) in [6, 6.07) is 10.8. The molecule has 2 rings (SSSR count). The van der Waals surface area contributed by atoms with Crippen molar-refractivity contribution in [2.24, 2.45) is 0 Å². The van der Waals surface area contributed by atoms with E-state index in [4.69, 9.17) is 0 Å². The summed E-state index contributed by atoms with van der Waals surface area (Å²) in [5, 5.41) is 0. The molecule has 0 radical (unpaired) electrons. The molecule has 0 aromatic heterocycles. The smallest absolute Gasteiger partial charge is 0.0124 e. The summed E-state index contributed by atoms with van der Waals surface area (Å²) < 4.78 is 0. The molecule has 1 aliphatic rings. The van der Waals surface area contributed by atoms with Crippen molar-refractivity contribution in [2.45, 2.75) is 33.1 Å². The van der Waals surface area contributed by atoms with E-state index in [-0.39, 0.29) is 0 Å². The highest BCUT2D eigenvalue weighted by Crippen LogP contribution is 2.37. The molecule has 0 heterocycles. The Hall–Kier alpha value is -1.30. The fraction of sp³-hybridized carbons (Fsp3) is 0.333. The third-order valence-corrected chi connectivity index (χ3v) is 3.14. The normalized spacial score (nSPS) is 15.7. The van der Waals surface area contributed by atoms with Crippen LogP contribution in [0.4, 0.5) is 0 Å². The van der Waals surface area contributed by atoms with Gasteiger partial charge in [-0.1, -0.05) is 55.8 Å². The average molecular weight is 198 g/mol. The average Bonchev–Trinajstić information content (AvgIpc) is 2.72. The van der Waals surface area contributed by atoms with Gasteiger partial charge < -0.3 is 0 Å². The van der Waals surface area contributed by atoms with Crippen LogP contribution in [-0.2, 0) is 0 Å². The van der Waals surface area contributed by atoms with Crippen molar-refractivity contribution in [3.8, 4) is 0 Å². The Labute approximate surface area is 92.3 Å². The van der Waals surface area contributed by atoms with E-state index in [2.05, 4.69) is 50.3 Å². The minimum Gasteiger partial charge on any atom is -0.0766 e. The first-order valence-electron chi connectivity index (χ1n) is 5.83. The van der Waals surface area contributed by atoms with Crippen molar-refractivity contribution in [1.29, 1.82) is 0 Å². The predicted molar refractivity (Wildman–Crippen MR) is 66.6 cm³/mol. The van der Waals surface area contributed by atoms with Crippen molar-refractivity contribution in [3.63, 3.8) is 0 Å². The zero-order chi connectivity index (χ0) is 10.7. The molecule has 78 valence electrons. The van der Waals surface area contributed by atoms with E-state index in [1.807, 2.05) is 0 Å². The maximum atomic E-state index is 2.39. The van der Waals surface area contributed by atoms with E-state index in [1.165, 1.54) is 23.1 Å². The Morgan fingerprint density at radius 3 is 2.33 bits per heavy atom. The highest BCUT2D eigenvalue weighted by atomic mass is 14.2. The lowest BCUT2D eigenvalue weighted by Gasteiger charge is -2.10. The molecule has 0 N–H and O–H groups in total. The molecule has 0 atom stereocenters. The Kier molecular flexibility index (Phi) is 3.05. The fourth-order valence-corrected chi connectivity index (χ4v) is 2.31. The van der Waals surface area contributed by atoms with Crippen LogP contribution in [0.3, 0.4) is 0 Å². The van der Waals surface area contributed by atoms with Crippen molar-refractivity contribution >= 4 is 5.57 Å². The SMILES string of the molecule is CCC1=CCC(CC)=C1c1ccccc1. The van der Waals surface area contributed by atoms with E-state index in [9.17, 15) is 0 Å². The third-order valence-electron chi connectivity index (χ3n) is 3.14. The van der Waals surface area contributed by atoms with Crippen molar-refractivity contribution in [3.05, 3.63) is 53.1 Å². The molecule has 1 aromatic rings. The van der Waals surface area contributed by atoms with Crippen LogP contribution in [0, 0.1) is 0 Å². The van der Waals surface area contributed by atoms with Crippen LogP contribution in [0.1, 0.15) is 38.7 Å². The third kappa shape index (κ3) is 1.90. The summed E-state index contributed by atoms with van der Waals surface area (Å²) in [5.41, 5.74) is 6.02. The van der Waals surface area contributed by atoms with Gasteiger partial charge in [0.05, 0.1) is 0 Å². The Morgan fingerprint density at radius 1 is 1.00 bits per heavy atom. The van der Waals surface area contributed by atoms with Gasteiger partial charge >= 0.3 is 0 Å². The number of hydrogen-bond donors (Lipinski definition) is 0. The Balaban J connectivity index is 2.44. The van der Waals surface area contributed by atoms with E-state index >= 15 is 0 Å². The van der Waals surface area contributed by atoms with E-state index < -0.39 is 0 Å². The van der Waals surface area contributed by atoms with Crippen LogP contribution in [0.2, 0.25) is 0 Å². The van der Waals surface area contributed by atoms with Crippen LogP contribution >= 0.6 is 0 Å². The molecule has 1 aromatic carbocycles. The van der Waals surface area contributed by atoms with Crippen molar-refractivity contribution in [2.75, 3.05) is 0 Å². The molecule has 0 aliphatic heterocycles. The lowest BCUT2D eigenvalue weighted by atomic mass is 9.95. The summed E-state index contributed by atoms with van der Waals surface area (Å²) in [7, 11) is 0. The molecule has 0 amide bonds. The zero-order valence-electron chi connectivity index (χ0n) is 9.59. The first-order chi connectivity index (χ1) is 7.36. The Bertz CT molecular complexity index is 393. The minimum atomic E-state index is 1.15. The van der Waals surface area contributed by atoms with Gasteiger partial charge in [-0.2, -0.15) is 0 Å². The minimum absolute atomic E-state index is 1.15. The van der Waals surface area contributed by atoms with Crippen LogP contribution in [0.15, 0.2) is 47.6 Å². The first-order valence-corrected chi connectivity index (χ1v) is 5.83. The van der Waals surface area contributed by atoms with Crippen molar-refractivity contribution in [1.82, 2.24) is 0 Å². The van der Waals surface area contributed by atoms with E-state index in [1.54, 1.807) is 5.57 Å². The van der Waals surface area contributed by atoms with Gasteiger partial charge in [0, 0.05) is 0 Å². The van der Waals surface area contributed by atoms with E-state index in [0.29, 0.717) is 0 Å². The van der Waals surface area contributed by atoms with Gasteiger partial charge in [-0.05, 0) is 36.0 Å². The largest absolute Gasteiger partial charge is 0.0766 e. The molecule has 0 heteroatoms. The summed E-state index contributed by atoms with van der Waals surface area (Å²) in [5.74, 6) is 0. The van der Waals surface area contributed by atoms with Gasteiger partial charge in [-0.25, -0.2) is 0 Å². The lowest BCUT2D eigenvalue weighted by molar-refractivity contribution is 1.05. The van der Waals surface area contributed by atoms with Gasteiger partial charge in [-0.3, -0.25) is 0 Å². The molecular formula is C15H18. The predicted octanol–water partition coefficient (Wildman–Crippen LogP) is 4.59. The summed E-state index contributed by atoms with van der Waals surface area (Å²) in [4.78, 5) is 0. The maximum absolute atomic E-state index is 2.39. The standard InChI is InChI=1S/C15H18/c1-3-12-10-11-13(4-2)15(12)14-8-6-5-7-9-14/h5-10H,3-4,11H2,1-2H3. The zero-order valence-corrected chi connectivity index (χ0v) is 9.59. The molecular weight excluding hydrogens is 180 g/mol. The van der Waals surface area contributed by atoms with E-state index in [0.717, 1.165) is 12.8 Å². The number of hydrogen-bond acceptors (Lipinski definition) is 0. The topological polar surface area (TPSA) is 0 Å². The highest BCUT2D eigenvalue weighted by molar-refractivity contribution is 5.84. The van der Waals surface area contributed by atoms with Crippen molar-refractivity contribution < 1.29 is 0 Å². The second-order valence-electron chi connectivity index (χ2n) is 3.99. The molecule has 0 saturated carbocycles. The molecule has 0 fully saturated rings. The maximum Gasteiger partial charge on any atom is -0.0124 e. The van der Waals surface area contributed by atoms with Crippen LogP contribution in [-0.4, -0.2) is 0 Å². The number of benzene rings is 1. The molecule has 0 spiro atoms. The first kappa shape index (κ1) is 10.2. The number of allylic oxidation sites excluding steroid dienone is 4. The van der Waals surface area contributed by atoms with Gasteiger partial charge in [0.25, 0.3) is 0 Å². The highest BCUT2D eigenvalue weighted by Gasteiger charge is 2.16. The fourth-order valence-electron chi connectivity index (χ4n) is 2.31. The van der Waals surface area contributed by atoms with Crippen LogP contribution in [0.25, 0.3) is 5.57 Å².